The molecule has 3 rings (SSSR count). The van der Waals surface area contributed by atoms with Crippen LogP contribution in [-0.2, 0) is 19.4 Å². The first kappa shape index (κ1) is 20.3. The molecule has 0 bridgehead atoms. The average Bonchev–Trinajstić information content (AvgIpc) is 2.63. The van der Waals surface area contributed by atoms with Crippen molar-refractivity contribution in [2.75, 3.05) is 16.4 Å². The number of fused-ring (bicyclic) bond motifs is 1. The monoisotopic (exact) mass is 422 g/mol. The fraction of sp³-hybridized carbons (Fsp3) is 0.263. The third-order valence-corrected chi connectivity index (χ3v) is 7.19. The summed E-state index contributed by atoms with van der Waals surface area (Å²) < 4.78 is 38.3. The van der Waals surface area contributed by atoms with Crippen LogP contribution in [0.15, 0.2) is 46.2 Å². The molecule has 1 atom stereocenters. The van der Waals surface area contributed by atoms with Crippen LogP contribution in [0, 0.1) is 12.7 Å². The standard InChI is InChI=1S/C19H19FN2O4S2/c1-11-9-13(20)3-5-15(11)21-18(23)7-8-28(25,26)14-4-6-17-16(10-14)22-19(24)12(2)27-17/h3-6,9-10,12H,7-8H2,1-2H3,(H,21,23)(H,22,24)/t12-/m0/s1. The van der Waals surface area contributed by atoms with Gasteiger partial charge < -0.3 is 10.6 Å². The Labute approximate surface area is 166 Å². The number of benzene rings is 2. The molecular weight excluding hydrogens is 403 g/mol. The molecule has 2 aromatic carbocycles. The molecule has 9 heteroatoms. The lowest BCUT2D eigenvalue weighted by Crippen LogP contribution is -2.26. The van der Waals surface area contributed by atoms with Crippen molar-refractivity contribution in [3.8, 4) is 0 Å². The summed E-state index contributed by atoms with van der Waals surface area (Å²) in [7, 11) is -3.71. The summed E-state index contributed by atoms with van der Waals surface area (Å²) in [6, 6.07) is 8.50. The molecule has 0 aliphatic carbocycles. The second-order valence-electron chi connectivity index (χ2n) is 6.48. The van der Waals surface area contributed by atoms with Crippen molar-refractivity contribution >= 4 is 44.8 Å². The highest BCUT2D eigenvalue weighted by molar-refractivity contribution is 8.01. The number of hydrogen-bond donors (Lipinski definition) is 2. The Morgan fingerprint density at radius 1 is 1.25 bits per heavy atom. The van der Waals surface area contributed by atoms with Gasteiger partial charge in [-0.25, -0.2) is 12.8 Å². The van der Waals surface area contributed by atoms with Crippen molar-refractivity contribution in [1.29, 1.82) is 0 Å². The highest BCUT2D eigenvalue weighted by Crippen LogP contribution is 2.36. The number of carbonyl (C=O) groups is 2. The van der Waals surface area contributed by atoms with Gasteiger partial charge in [0.2, 0.25) is 11.8 Å². The van der Waals surface area contributed by atoms with E-state index in [1.807, 2.05) is 0 Å². The summed E-state index contributed by atoms with van der Waals surface area (Å²) in [5.41, 5.74) is 1.44. The fourth-order valence-corrected chi connectivity index (χ4v) is 4.90. The van der Waals surface area contributed by atoms with E-state index in [1.165, 1.54) is 42.1 Å². The van der Waals surface area contributed by atoms with Gasteiger partial charge in [-0.2, -0.15) is 0 Å². The van der Waals surface area contributed by atoms with E-state index >= 15 is 0 Å². The molecule has 6 nitrogen and oxygen atoms in total. The summed E-state index contributed by atoms with van der Waals surface area (Å²) >= 11 is 1.36. The second kappa shape index (κ2) is 7.92. The number of amides is 2. The Bertz CT molecular complexity index is 1050. The van der Waals surface area contributed by atoms with E-state index < -0.39 is 21.6 Å². The zero-order valence-corrected chi connectivity index (χ0v) is 16.9. The lowest BCUT2D eigenvalue weighted by atomic mass is 10.2. The quantitative estimate of drug-likeness (QED) is 0.771. The highest BCUT2D eigenvalue weighted by Gasteiger charge is 2.25. The predicted molar refractivity (Wildman–Crippen MR) is 107 cm³/mol. The number of nitrogens with one attached hydrogen (secondary N) is 2. The Morgan fingerprint density at radius 3 is 2.71 bits per heavy atom. The number of carbonyl (C=O) groups excluding carboxylic acids is 2. The van der Waals surface area contributed by atoms with Gasteiger partial charge in [-0.3, -0.25) is 9.59 Å². The van der Waals surface area contributed by atoms with Gasteiger partial charge in [-0.05, 0) is 55.8 Å². The van der Waals surface area contributed by atoms with E-state index in [0.717, 1.165) is 4.90 Å². The summed E-state index contributed by atoms with van der Waals surface area (Å²) in [6.07, 6.45) is -0.242. The van der Waals surface area contributed by atoms with Crippen molar-refractivity contribution in [2.45, 2.75) is 35.3 Å². The van der Waals surface area contributed by atoms with E-state index in [-0.39, 0.29) is 28.2 Å². The van der Waals surface area contributed by atoms with Gasteiger partial charge >= 0.3 is 0 Å². The van der Waals surface area contributed by atoms with Crippen molar-refractivity contribution in [3.05, 3.63) is 47.8 Å². The zero-order chi connectivity index (χ0) is 20.5. The molecule has 2 aromatic rings. The summed E-state index contributed by atoms with van der Waals surface area (Å²) in [5, 5.41) is 5.05. The molecule has 2 amide bonds. The van der Waals surface area contributed by atoms with E-state index in [0.29, 0.717) is 16.9 Å². The molecule has 0 spiro atoms. The Hall–Kier alpha value is -2.39. The zero-order valence-electron chi connectivity index (χ0n) is 15.3. The van der Waals surface area contributed by atoms with Crippen LogP contribution in [0.2, 0.25) is 0 Å². The molecule has 1 heterocycles. The lowest BCUT2D eigenvalue weighted by molar-refractivity contribution is -0.116. The van der Waals surface area contributed by atoms with Gasteiger partial charge in [0.1, 0.15) is 5.82 Å². The first-order chi connectivity index (χ1) is 13.2. The maximum atomic E-state index is 13.1. The molecule has 1 aliphatic rings. The van der Waals surface area contributed by atoms with Gasteiger partial charge in [0.25, 0.3) is 0 Å². The molecule has 28 heavy (non-hydrogen) atoms. The molecule has 0 aromatic heterocycles. The van der Waals surface area contributed by atoms with Gasteiger partial charge in [-0.1, -0.05) is 0 Å². The van der Waals surface area contributed by atoms with Crippen molar-refractivity contribution < 1.29 is 22.4 Å². The van der Waals surface area contributed by atoms with E-state index in [9.17, 15) is 22.4 Å². The van der Waals surface area contributed by atoms with Crippen LogP contribution in [0.4, 0.5) is 15.8 Å². The van der Waals surface area contributed by atoms with E-state index in [4.69, 9.17) is 0 Å². The van der Waals surface area contributed by atoms with Crippen LogP contribution in [0.3, 0.4) is 0 Å². The highest BCUT2D eigenvalue weighted by atomic mass is 32.2. The Kier molecular flexibility index (Phi) is 5.76. The largest absolute Gasteiger partial charge is 0.326 e. The molecule has 148 valence electrons. The molecule has 0 fully saturated rings. The van der Waals surface area contributed by atoms with Crippen LogP contribution in [-0.4, -0.2) is 31.2 Å². The number of aryl methyl sites for hydroxylation is 1. The lowest BCUT2D eigenvalue weighted by Gasteiger charge is -2.21. The Morgan fingerprint density at radius 2 is 2.00 bits per heavy atom. The van der Waals surface area contributed by atoms with Gasteiger partial charge in [-0.15, -0.1) is 11.8 Å². The molecule has 0 saturated carbocycles. The van der Waals surface area contributed by atoms with E-state index in [2.05, 4.69) is 10.6 Å². The third kappa shape index (κ3) is 4.53. The molecule has 0 radical (unpaired) electrons. The number of hydrogen-bond acceptors (Lipinski definition) is 5. The minimum absolute atomic E-state index is 0.0486. The summed E-state index contributed by atoms with van der Waals surface area (Å²) in [4.78, 5) is 24.8. The minimum Gasteiger partial charge on any atom is -0.326 e. The van der Waals surface area contributed by atoms with Crippen LogP contribution in [0.5, 0.6) is 0 Å². The topological polar surface area (TPSA) is 92.3 Å². The smallest absolute Gasteiger partial charge is 0.237 e. The fourth-order valence-electron chi connectivity index (χ4n) is 2.71. The van der Waals surface area contributed by atoms with Crippen LogP contribution < -0.4 is 10.6 Å². The van der Waals surface area contributed by atoms with Crippen LogP contribution in [0.1, 0.15) is 18.9 Å². The van der Waals surface area contributed by atoms with Gasteiger partial charge in [0, 0.05) is 17.0 Å². The number of halogens is 1. The van der Waals surface area contributed by atoms with Crippen LogP contribution >= 0.6 is 11.8 Å². The minimum atomic E-state index is -3.71. The van der Waals surface area contributed by atoms with E-state index in [1.54, 1.807) is 19.9 Å². The summed E-state index contributed by atoms with van der Waals surface area (Å²) in [5.74, 6) is -1.45. The molecular formula is C19H19FN2O4S2. The second-order valence-corrected chi connectivity index (χ2v) is 9.98. The SMILES string of the molecule is Cc1cc(F)ccc1NC(=O)CCS(=O)(=O)c1ccc2c(c1)NC(=O)[C@H](C)S2. The van der Waals surface area contributed by atoms with Crippen molar-refractivity contribution in [1.82, 2.24) is 0 Å². The molecule has 1 aliphatic heterocycles. The van der Waals surface area contributed by atoms with Gasteiger partial charge in [0.15, 0.2) is 9.84 Å². The normalized spacial score (nSPS) is 16.2. The Balaban J connectivity index is 1.68. The number of sulfone groups is 1. The van der Waals surface area contributed by atoms with Gasteiger partial charge in [0.05, 0.1) is 21.6 Å². The average molecular weight is 423 g/mol. The maximum absolute atomic E-state index is 13.1. The summed E-state index contributed by atoms with van der Waals surface area (Å²) in [6.45, 7) is 3.42. The first-order valence-corrected chi connectivity index (χ1v) is 11.1. The maximum Gasteiger partial charge on any atom is 0.237 e. The number of thioether (sulfide) groups is 1. The van der Waals surface area contributed by atoms with Crippen molar-refractivity contribution in [2.24, 2.45) is 0 Å². The first-order valence-electron chi connectivity index (χ1n) is 8.56. The van der Waals surface area contributed by atoms with Crippen molar-refractivity contribution in [3.63, 3.8) is 0 Å². The predicted octanol–water partition coefficient (Wildman–Crippen LogP) is 3.37. The molecule has 0 saturated heterocycles. The number of rotatable bonds is 5. The third-order valence-electron chi connectivity index (χ3n) is 4.30. The molecule has 2 N–H and O–H groups in total. The molecule has 0 unspecified atom stereocenters. The van der Waals surface area contributed by atoms with Crippen LogP contribution in [0.25, 0.3) is 0 Å². The number of anilines is 2.